The number of aliphatic hydroxyl groups excluding tert-OH is 1. The number of aliphatic hydroxyl groups is 1. The third kappa shape index (κ3) is 15.2. The standard InChI is InChI=1S/C33H47N7O6/c1-22(2)19-27(31(44)39-28(23(3)41)20-37-29(42)17-16-24-11-6-4-7-12-24)38-30(43)26(15-10-18-36-32(34)35)40-33(45)46-21-25-13-8-5-9-14-25/h4-9,11-14,16-17,22-23,26-28,41H,10,15,18-21H2,1-3H3,(H,37,42)(H,38,43)(H,39,44)(H,40,45)(H4,34,35,36)/b17-16+/t23?,26-,27-,28+/m0/s1. The van der Waals surface area contributed by atoms with Gasteiger partial charge in [0.1, 0.15) is 18.7 Å². The molecule has 0 fully saturated rings. The Kier molecular flexibility index (Phi) is 16.4. The summed E-state index contributed by atoms with van der Waals surface area (Å²) in [5.74, 6) is -1.64. The molecular formula is C33H47N7O6. The fraction of sp³-hybridized carbons (Fsp3) is 0.424. The number of benzene rings is 2. The van der Waals surface area contributed by atoms with Crippen LogP contribution in [-0.2, 0) is 25.7 Å². The van der Waals surface area contributed by atoms with Crippen LogP contribution in [0.4, 0.5) is 4.79 Å². The number of amides is 4. The lowest BCUT2D eigenvalue weighted by Gasteiger charge is -2.27. The Balaban J connectivity index is 2.06. The molecule has 0 aromatic heterocycles. The van der Waals surface area contributed by atoms with E-state index in [1.165, 1.54) is 13.0 Å². The van der Waals surface area contributed by atoms with Crippen molar-refractivity contribution in [2.75, 3.05) is 13.1 Å². The summed E-state index contributed by atoms with van der Waals surface area (Å²) in [6, 6.07) is 15.5. The summed E-state index contributed by atoms with van der Waals surface area (Å²) in [4.78, 5) is 55.8. The van der Waals surface area contributed by atoms with Crippen molar-refractivity contribution in [2.24, 2.45) is 22.4 Å². The van der Waals surface area contributed by atoms with E-state index in [9.17, 15) is 24.3 Å². The minimum absolute atomic E-state index is 0.00666. The Hall–Kier alpha value is -4.91. The summed E-state index contributed by atoms with van der Waals surface area (Å²) in [7, 11) is 0. The molecule has 4 atom stereocenters. The minimum Gasteiger partial charge on any atom is -0.445 e. The number of nitrogens with two attached hydrogens (primary N) is 2. The monoisotopic (exact) mass is 637 g/mol. The molecular weight excluding hydrogens is 590 g/mol. The van der Waals surface area contributed by atoms with Gasteiger partial charge in [0.2, 0.25) is 17.7 Å². The predicted molar refractivity (Wildman–Crippen MR) is 177 cm³/mol. The number of hydrogen-bond donors (Lipinski definition) is 7. The van der Waals surface area contributed by atoms with Gasteiger partial charge in [-0.2, -0.15) is 0 Å². The van der Waals surface area contributed by atoms with E-state index in [4.69, 9.17) is 16.2 Å². The van der Waals surface area contributed by atoms with E-state index in [0.29, 0.717) is 6.42 Å². The van der Waals surface area contributed by atoms with Crippen molar-refractivity contribution in [1.29, 1.82) is 0 Å². The average Bonchev–Trinajstić information content (AvgIpc) is 3.02. The van der Waals surface area contributed by atoms with E-state index in [1.54, 1.807) is 18.2 Å². The van der Waals surface area contributed by atoms with Crippen LogP contribution in [0.25, 0.3) is 6.08 Å². The molecule has 9 N–H and O–H groups in total. The first-order valence-corrected chi connectivity index (χ1v) is 15.3. The molecule has 2 aromatic carbocycles. The normalized spacial score (nSPS) is 13.6. The molecule has 0 saturated carbocycles. The van der Waals surface area contributed by atoms with Gasteiger partial charge in [-0.25, -0.2) is 4.79 Å². The molecule has 0 bridgehead atoms. The van der Waals surface area contributed by atoms with Crippen LogP contribution in [0.5, 0.6) is 0 Å². The molecule has 0 spiro atoms. The highest BCUT2D eigenvalue weighted by atomic mass is 16.5. The number of carbonyl (C=O) groups excluding carboxylic acids is 4. The molecule has 13 heteroatoms. The summed E-state index contributed by atoms with van der Waals surface area (Å²) in [6.07, 6.45) is 2.00. The van der Waals surface area contributed by atoms with Crippen LogP contribution in [0.3, 0.4) is 0 Å². The number of guanidine groups is 1. The fourth-order valence-corrected chi connectivity index (χ4v) is 4.29. The molecule has 0 saturated heterocycles. The quantitative estimate of drug-likeness (QED) is 0.0551. The molecule has 0 aliphatic rings. The summed E-state index contributed by atoms with van der Waals surface area (Å²) in [5.41, 5.74) is 12.4. The molecule has 0 radical (unpaired) electrons. The molecule has 250 valence electrons. The maximum absolute atomic E-state index is 13.4. The maximum atomic E-state index is 13.4. The zero-order valence-electron chi connectivity index (χ0n) is 26.6. The van der Waals surface area contributed by atoms with E-state index in [-0.39, 0.29) is 44.4 Å². The summed E-state index contributed by atoms with van der Waals surface area (Å²) in [6.45, 7) is 5.46. The summed E-state index contributed by atoms with van der Waals surface area (Å²) < 4.78 is 5.29. The fourth-order valence-electron chi connectivity index (χ4n) is 4.29. The molecule has 46 heavy (non-hydrogen) atoms. The van der Waals surface area contributed by atoms with Gasteiger partial charge in [-0.05, 0) is 49.3 Å². The van der Waals surface area contributed by atoms with Crippen molar-refractivity contribution >= 4 is 35.9 Å². The van der Waals surface area contributed by atoms with Gasteiger partial charge in [0.25, 0.3) is 0 Å². The van der Waals surface area contributed by atoms with Crippen LogP contribution in [-0.4, -0.2) is 72.2 Å². The van der Waals surface area contributed by atoms with Gasteiger partial charge in [0, 0.05) is 19.2 Å². The molecule has 0 aliphatic heterocycles. The number of hydrogen-bond acceptors (Lipinski definition) is 7. The van der Waals surface area contributed by atoms with E-state index in [2.05, 4.69) is 26.3 Å². The zero-order valence-corrected chi connectivity index (χ0v) is 26.6. The minimum atomic E-state index is -1.05. The van der Waals surface area contributed by atoms with Crippen LogP contribution in [0.15, 0.2) is 71.7 Å². The largest absolute Gasteiger partial charge is 0.445 e. The number of rotatable bonds is 18. The van der Waals surface area contributed by atoms with E-state index >= 15 is 0 Å². The van der Waals surface area contributed by atoms with E-state index < -0.39 is 48.0 Å². The molecule has 13 nitrogen and oxygen atoms in total. The molecule has 4 amide bonds. The third-order valence-electron chi connectivity index (χ3n) is 6.74. The van der Waals surface area contributed by atoms with Crippen molar-refractivity contribution in [3.8, 4) is 0 Å². The number of nitrogens with zero attached hydrogens (tertiary/aromatic N) is 1. The number of ether oxygens (including phenoxy) is 1. The van der Waals surface area contributed by atoms with Crippen molar-refractivity contribution in [2.45, 2.75) is 70.9 Å². The van der Waals surface area contributed by atoms with Gasteiger partial charge in [-0.1, -0.05) is 74.5 Å². The van der Waals surface area contributed by atoms with Crippen molar-refractivity contribution in [3.63, 3.8) is 0 Å². The van der Waals surface area contributed by atoms with Crippen molar-refractivity contribution < 1.29 is 29.0 Å². The number of carbonyl (C=O) groups is 4. The zero-order chi connectivity index (χ0) is 33.9. The number of nitrogens with one attached hydrogen (secondary N) is 4. The summed E-state index contributed by atoms with van der Waals surface area (Å²) >= 11 is 0. The lowest BCUT2D eigenvalue weighted by molar-refractivity contribution is -0.131. The molecule has 2 rings (SSSR count). The summed E-state index contributed by atoms with van der Waals surface area (Å²) in [5, 5.41) is 21.1. The van der Waals surface area contributed by atoms with Crippen molar-refractivity contribution in [1.82, 2.24) is 21.3 Å². The molecule has 0 heterocycles. The SMILES string of the molecule is CC(C)C[C@H](NC(=O)[C@H](CCCN=C(N)N)NC(=O)OCc1ccccc1)C(=O)N[C@H](CNC(=O)/C=C/c1ccccc1)C(C)O. The Morgan fingerprint density at radius 1 is 0.891 bits per heavy atom. The smallest absolute Gasteiger partial charge is 0.408 e. The van der Waals surface area contributed by atoms with Crippen LogP contribution in [0, 0.1) is 5.92 Å². The van der Waals surface area contributed by atoms with Gasteiger partial charge in [0.05, 0.1) is 12.1 Å². The lowest BCUT2D eigenvalue weighted by Crippen LogP contribution is -2.58. The maximum Gasteiger partial charge on any atom is 0.408 e. The highest BCUT2D eigenvalue weighted by Crippen LogP contribution is 2.09. The predicted octanol–water partition coefficient (Wildman–Crippen LogP) is 1.56. The van der Waals surface area contributed by atoms with Gasteiger partial charge < -0.3 is 42.6 Å². The van der Waals surface area contributed by atoms with Crippen LogP contribution in [0.2, 0.25) is 0 Å². The second-order valence-corrected chi connectivity index (χ2v) is 11.2. The Labute approximate surface area is 270 Å². The molecule has 1 unspecified atom stereocenters. The van der Waals surface area contributed by atoms with Gasteiger partial charge in [-0.3, -0.25) is 19.4 Å². The number of alkyl carbamates (subject to hydrolysis) is 1. The Morgan fingerprint density at radius 2 is 1.52 bits per heavy atom. The van der Waals surface area contributed by atoms with Gasteiger partial charge >= 0.3 is 6.09 Å². The highest BCUT2D eigenvalue weighted by Gasteiger charge is 2.29. The second-order valence-electron chi connectivity index (χ2n) is 11.2. The van der Waals surface area contributed by atoms with Gasteiger partial charge in [0.15, 0.2) is 5.96 Å². The first-order chi connectivity index (χ1) is 21.9. The van der Waals surface area contributed by atoms with E-state index in [1.807, 2.05) is 62.4 Å². The topological polar surface area (TPSA) is 210 Å². The molecule has 2 aromatic rings. The lowest BCUT2D eigenvalue weighted by atomic mass is 10.0. The third-order valence-corrected chi connectivity index (χ3v) is 6.74. The van der Waals surface area contributed by atoms with Gasteiger partial charge in [-0.15, -0.1) is 0 Å². The number of aliphatic imine (C=N–C) groups is 1. The Morgan fingerprint density at radius 3 is 2.13 bits per heavy atom. The van der Waals surface area contributed by atoms with Crippen molar-refractivity contribution in [3.05, 3.63) is 77.9 Å². The van der Waals surface area contributed by atoms with Crippen LogP contribution in [0.1, 0.15) is 51.2 Å². The average molecular weight is 638 g/mol. The van der Waals surface area contributed by atoms with Crippen LogP contribution < -0.4 is 32.7 Å². The van der Waals surface area contributed by atoms with Crippen LogP contribution >= 0.6 is 0 Å². The Bertz CT molecular complexity index is 1300. The highest BCUT2D eigenvalue weighted by molar-refractivity contribution is 5.92. The first kappa shape index (κ1) is 37.3. The second kappa shape index (κ2) is 20.2. The molecule has 0 aliphatic carbocycles. The van der Waals surface area contributed by atoms with E-state index in [0.717, 1.165) is 11.1 Å². The first-order valence-electron chi connectivity index (χ1n) is 15.3.